The summed E-state index contributed by atoms with van der Waals surface area (Å²) in [5.74, 6) is 6.15. The van der Waals surface area contributed by atoms with Gasteiger partial charge < -0.3 is 15.7 Å². The number of rotatable bonds is 4. The summed E-state index contributed by atoms with van der Waals surface area (Å²) in [4.78, 5) is 7.62. The summed E-state index contributed by atoms with van der Waals surface area (Å²) < 4.78 is 0. The molecule has 26 heavy (non-hydrogen) atoms. The van der Waals surface area contributed by atoms with Crippen molar-refractivity contribution in [3.8, 4) is 0 Å². The van der Waals surface area contributed by atoms with Gasteiger partial charge in [-0.15, -0.1) is 0 Å². The molecule has 6 N–H and O–H groups in total. The van der Waals surface area contributed by atoms with E-state index >= 15 is 0 Å². The van der Waals surface area contributed by atoms with Gasteiger partial charge in [-0.2, -0.15) is 5.10 Å². The van der Waals surface area contributed by atoms with Gasteiger partial charge >= 0.3 is 0 Å². The number of nitrogens with zero attached hydrogens (tertiary/aromatic N) is 3. The molecule has 0 radical (unpaired) electrons. The maximum atomic E-state index is 6.26. The SMILES string of the molecule is Cc1ccc(C)[nH]c(CN(N)/C=C(\N)c2cccc3[nH]ncc23)cnc1. The molecule has 3 aromatic rings. The zero-order valence-electron chi connectivity index (χ0n) is 14.9. The Hall–Kier alpha value is -3.32. The van der Waals surface area contributed by atoms with Crippen LogP contribution in [0.15, 0.2) is 55.1 Å². The second kappa shape index (κ2) is 7.71. The first-order valence-corrected chi connectivity index (χ1v) is 8.28. The van der Waals surface area contributed by atoms with E-state index in [0.717, 1.165) is 33.4 Å². The minimum absolute atomic E-state index is 0.434. The molecule has 0 aliphatic rings. The molecule has 0 saturated carbocycles. The van der Waals surface area contributed by atoms with Crippen LogP contribution in [0.25, 0.3) is 16.6 Å². The lowest BCUT2D eigenvalue weighted by atomic mass is 10.1. The third-order valence-electron chi connectivity index (χ3n) is 3.92. The first-order chi connectivity index (χ1) is 12.5. The van der Waals surface area contributed by atoms with Crippen molar-refractivity contribution >= 4 is 16.6 Å². The highest BCUT2D eigenvalue weighted by atomic mass is 15.4. The van der Waals surface area contributed by atoms with Crippen molar-refractivity contribution in [1.29, 1.82) is 0 Å². The number of aromatic amines is 2. The van der Waals surface area contributed by atoms with Gasteiger partial charge in [0.25, 0.3) is 0 Å². The Balaban J connectivity index is 1.86. The first-order valence-electron chi connectivity index (χ1n) is 8.28. The van der Waals surface area contributed by atoms with Crippen molar-refractivity contribution in [1.82, 2.24) is 25.2 Å². The van der Waals surface area contributed by atoms with Crippen LogP contribution in [-0.2, 0) is 6.54 Å². The molecule has 0 amide bonds. The quantitative estimate of drug-likeness (QED) is 0.427. The van der Waals surface area contributed by atoms with Crippen LogP contribution in [-0.4, -0.2) is 25.2 Å². The van der Waals surface area contributed by atoms with Crippen molar-refractivity contribution < 1.29 is 0 Å². The van der Waals surface area contributed by atoms with E-state index in [-0.39, 0.29) is 0 Å². The number of hydrogen-bond acceptors (Lipinski definition) is 5. The minimum Gasteiger partial charge on any atom is -0.397 e. The highest BCUT2D eigenvalue weighted by Gasteiger charge is 2.06. The Labute approximate surface area is 152 Å². The van der Waals surface area contributed by atoms with Crippen molar-refractivity contribution in [3.05, 3.63) is 77.6 Å². The average Bonchev–Trinajstić information content (AvgIpc) is 3.09. The summed E-state index contributed by atoms with van der Waals surface area (Å²) in [7, 11) is 0. The Bertz CT molecular complexity index is 982. The molecule has 0 atom stereocenters. The Kier molecular flexibility index (Phi) is 5.19. The van der Waals surface area contributed by atoms with Gasteiger partial charge in [0, 0.05) is 35.2 Å². The second-order valence-corrected chi connectivity index (χ2v) is 6.21. The lowest BCUT2D eigenvalue weighted by Crippen LogP contribution is -2.26. The van der Waals surface area contributed by atoms with Crippen LogP contribution in [0.1, 0.15) is 22.5 Å². The van der Waals surface area contributed by atoms with Gasteiger partial charge in [-0.25, -0.2) is 5.84 Å². The highest BCUT2D eigenvalue weighted by molar-refractivity contribution is 5.90. The molecule has 2 aromatic heterocycles. The number of aromatic nitrogens is 4. The van der Waals surface area contributed by atoms with Crippen LogP contribution in [0.5, 0.6) is 0 Å². The normalized spacial score (nSPS) is 11.4. The third kappa shape index (κ3) is 4.20. The molecule has 0 aliphatic carbocycles. The Morgan fingerprint density at radius 3 is 2.85 bits per heavy atom. The van der Waals surface area contributed by atoms with E-state index in [0.29, 0.717) is 12.2 Å². The molecule has 3 rings (SSSR count). The predicted octanol–water partition coefficient (Wildman–Crippen LogP) is 2.66. The van der Waals surface area contributed by atoms with Gasteiger partial charge in [-0.05, 0) is 31.5 Å². The molecule has 0 bridgehead atoms. The Morgan fingerprint density at radius 2 is 2.00 bits per heavy atom. The van der Waals surface area contributed by atoms with Gasteiger partial charge in [-0.3, -0.25) is 10.1 Å². The molecular formula is C19H23N7. The van der Waals surface area contributed by atoms with Gasteiger partial charge in [0.1, 0.15) is 0 Å². The maximum Gasteiger partial charge on any atom is 0.0752 e. The lowest BCUT2D eigenvalue weighted by molar-refractivity contribution is 0.382. The van der Waals surface area contributed by atoms with Crippen LogP contribution < -0.4 is 11.6 Å². The molecule has 0 unspecified atom stereocenters. The summed E-state index contributed by atoms with van der Waals surface area (Å²) in [6.07, 6.45) is 7.04. The van der Waals surface area contributed by atoms with Gasteiger partial charge in [0.15, 0.2) is 0 Å². The molecule has 134 valence electrons. The van der Waals surface area contributed by atoms with Crippen LogP contribution in [0, 0.1) is 13.8 Å². The zero-order chi connectivity index (χ0) is 18.5. The van der Waals surface area contributed by atoms with E-state index in [1.54, 1.807) is 24.8 Å². The number of aryl methyl sites for hydroxylation is 2. The molecule has 1 aromatic carbocycles. The largest absolute Gasteiger partial charge is 0.397 e. The smallest absolute Gasteiger partial charge is 0.0752 e. The van der Waals surface area contributed by atoms with Gasteiger partial charge in [0.05, 0.1) is 29.6 Å². The summed E-state index contributed by atoms with van der Waals surface area (Å²) >= 11 is 0. The summed E-state index contributed by atoms with van der Waals surface area (Å²) in [6.45, 7) is 4.43. The molecule has 7 heteroatoms. The average molecular weight is 349 g/mol. The van der Waals surface area contributed by atoms with Crippen LogP contribution in [0.4, 0.5) is 0 Å². The second-order valence-electron chi connectivity index (χ2n) is 6.21. The highest BCUT2D eigenvalue weighted by Crippen LogP contribution is 2.20. The molecule has 0 saturated heterocycles. The molecule has 2 heterocycles. The van der Waals surface area contributed by atoms with Crippen LogP contribution in [0.2, 0.25) is 0 Å². The number of hydrazine groups is 1. The van der Waals surface area contributed by atoms with E-state index in [1.165, 1.54) is 5.01 Å². The fourth-order valence-corrected chi connectivity index (χ4v) is 2.66. The summed E-state index contributed by atoms with van der Waals surface area (Å²) in [6, 6.07) is 9.84. The number of H-pyrrole nitrogens is 2. The molecular weight excluding hydrogens is 326 g/mol. The number of nitrogens with one attached hydrogen (secondary N) is 2. The fraction of sp³-hybridized carbons (Fsp3) is 0.158. The maximum absolute atomic E-state index is 6.26. The number of nitrogens with two attached hydrogens (primary N) is 2. The summed E-state index contributed by atoms with van der Waals surface area (Å²) in [5.41, 5.74) is 11.6. The van der Waals surface area contributed by atoms with Crippen molar-refractivity contribution in [2.24, 2.45) is 11.6 Å². The van der Waals surface area contributed by atoms with E-state index in [9.17, 15) is 0 Å². The van der Waals surface area contributed by atoms with Gasteiger partial charge in [-0.1, -0.05) is 18.2 Å². The van der Waals surface area contributed by atoms with E-state index in [1.807, 2.05) is 44.2 Å². The van der Waals surface area contributed by atoms with Crippen molar-refractivity contribution in [3.63, 3.8) is 0 Å². The minimum atomic E-state index is 0.434. The molecule has 0 aliphatic heterocycles. The van der Waals surface area contributed by atoms with Crippen LogP contribution in [0.3, 0.4) is 0 Å². The first kappa shape index (κ1) is 17.5. The molecule has 0 spiro atoms. The predicted molar refractivity (Wildman–Crippen MR) is 104 cm³/mol. The van der Waals surface area contributed by atoms with Gasteiger partial charge in [0.2, 0.25) is 0 Å². The fourth-order valence-electron chi connectivity index (χ4n) is 2.66. The molecule has 0 fully saturated rings. The van der Waals surface area contributed by atoms with Crippen molar-refractivity contribution in [2.75, 3.05) is 0 Å². The standard InChI is InChI=1S/C19H23N7/c1-13-6-7-14(2)24-15(9-22-8-13)11-26(21)12-18(20)16-4-3-5-19-17(16)10-23-25-19/h3-10,12,24H,11,20-21H2,1-2H3,(H,23,25)/b13-6?,14-7?,15-9?,18-12-,22-8?. The zero-order valence-corrected chi connectivity index (χ0v) is 14.9. The topological polar surface area (TPSA) is 113 Å². The van der Waals surface area contributed by atoms with E-state index in [2.05, 4.69) is 20.2 Å². The molecule has 7 nitrogen and oxygen atoms in total. The third-order valence-corrected chi connectivity index (χ3v) is 3.92. The Morgan fingerprint density at radius 1 is 1.15 bits per heavy atom. The monoisotopic (exact) mass is 349 g/mol. The van der Waals surface area contributed by atoms with E-state index < -0.39 is 0 Å². The number of hydrogen-bond donors (Lipinski definition) is 4. The summed E-state index contributed by atoms with van der Waals surface area (Å²) in [5, 5.41) is 9.49. The van der Waals surface area contributed by atoms with E-state index in [4.69, 9.17) is 11.6 Å². The number of fused-ring (bicyclic) bond motifs is 1. The lowest BCUT2D eigenvalue weighted by Gasteiger charge is -2.15. The van der Waals surface area contributed by atoms with Crippen molar-refractivity contribution in [2.45, 2.75) is 20.4 Å². The van der Waals surface area contributed by atoms with Crippen LogP contribution >= 0.6 is 0 Å². The number of benzene rings is 1.